The molecule has 0 saturated carbocycles. The molecule has 0 aliphatic carbocycles. The molecule has 0 aromatic heterocycles. The largest absolute Gasteiger partial charge is 0.406 e. The Hall–Kier alpha value is -0.640. The van der Waals surface area contributed by atoms with Crippen LogP contribution in [0.1, 0.15) is 0 Å². The van der Waals surface area contributed by atoms with Crippen LogP contribution >= 0.6 is 0 Å². The van der Waals surface area contributed by atoms with Crippen molar-refractivity contribution in [1.29, 1.82) is 0 Å². The summed E-state index contributed by atoms with van der Waals surface area (Å²) in [7, 11) is 0. The van der Waals surface area contributed by atoms with Crippen LogP contribution in [0, 0.1) is 0 Å². The number of hydrogen-bond donors (Lipinski definition) is 2. The summed E-state index contributed by atoms with van der Waals surface area (Å²) in [5.41, 5.74) is 0. The van der Waals surface area contributed by atoms with Crippen LogP contribution in [0.5, 0.6) is 0 Å². The van der Waals surface area contributed by atoms with Gasteiger partial charge in [-0.3, -0.25) is 13.9 Å². The van der Waals surface area contributed by atoms with Crippen LogP contribution in [0.25, 0.3) is 0 Å². The van der Waals surface area contributed by atoms with Gasteiger partial charge < -0.3 is 4.18 Å². The first-order chi connectivity index (χ1) is 4.95. The number of carbonyl (C=O) groups excluding carboxylic acids is 2. The predicted octanol–water partition coefficient (Wildman–Crippen LogP) is -1.59. The molecule has 64 valence electrons. The zero-order chi connectivity index (χ0) is 9.02. The molecule has 2 N–H and O–H groups in total. The smallest absolute Gasteiger partial charge is 0.336 e. The maximum Gasteiger partial charge on any atom is 0.406 e. The van der Waals surface area contributed by atoms with Gasteiger partial charge in [-0.2, -0.15) is 4.21 Å². The van der Waals surface area contributed by atoms with Gasteiger partial charge >= 0.3 is 22.4 Å². The van der Waals surface area contributed by atoms with Gasteiger partial charge in [0.1, 0.15) is 0 Å². The van der Waals surface area contributed by atoms with E-state index < -0.39 is 33.5 Å². The topological polar surface area (TPSA) is 118 Å². The van der Waals surface area contributed by atoms with E-state index in [4.69, 9.17) is 9.11 Å². The van der Waals surface area contributed by atoms with Crippen LogP contribution < -0.4 is 0 Å². The molecule has 9 heteroatoms. The summed E-state index contributed by atoms with van der Waals surface area (Å²) in [4.78, 5) is 20.2. The first kappa shape index (κ1) is 10.4. The molecule has 0 aromatic rings. The van der Waals surface area contributed by atoms with Crippen molar-refractivity contribution in [2.45, 2.75) is 0 Å². The van der Waals surface area contributed by atoms with Crippen LogP contribution in [-0.4, -0.2) is 28.6 Å². The minimum absolute atomic E-state index is 1.78. The molecule has 7 nitrogen and oxygen atoms in total. The highest BCUT2D eigenvalue weighted by Crippen LogP contribution is 1.87. The maximum absolute atomic E-state index is 10.1. The van der Waals surface area contributed by atoms with Crippen molar-refractivity contribution < 1.29 is 31.3 Å². The normalized spacial score (nSPS) is 15.1. The molecule has 0 saturated heterocycles. The zero-order valence-corrected chi connectivity index (χ0v) is 6.39. The molecule has 0 heterocycles. The summed E-state index contributed by atoms with van der Waals surface area (Å²) in [6.07, 6.45) is 0. The van der Waals surface area contributed by atoms with E-state index in [1.165, 1.54) is 0 Å². The standard InChI is InChI=1S/C2H2O7S2/c3-1(9-11(7)8)2(4)10(5)6/h(H,5,6)(H,7,8). The Balaban J connectivity index is 4.16. The molecule has 0 rings (SSSR count). The van der Waals surface area contributed by atoms with E-state index in [0.29, 0.717) is 0 Å². The van der Waals surface area contributed by atoms with E-state index in [-0.39, 0.29) is 0 Å². The molecular formula is C2H2O7S2. The first-order valence-corrected chi connectivity index (χ1v) is 4.07. The van der Waals surface area contributed by atoms with Gasteiger partial charge in [-0.15, -0.1) is 0 Å². The van der Waals surface area contributed by atoms with Crippen LogP contribution in [-0.2, 0) is 36.2 Å². The van der Waals surface area contributed by atoms with Gasteiger partial charge in [0.05, 0.1) is 0 Å². The monoisotopic (exact) mass is 202 g/mol. The van der Waals surface area contributed by atoms with E-state index in [1.807, 2.05) is 0 Å². The summed E-state index contributed by atoms with van der Waals surface area (Å²) in [6.45, 7) is 0. The van der Waals surface area contributed by atoms with E-state index in [2.05, 4.69) is 4.18 Å². The van der Waals surface area contributed by atoms with Crippen molar-refractivity contribution in [2.24, 2.45) is 0 Å². The molecule has 0 radical (unpaired) electrons. The van der Waals surface area contributed by atoms with Crippen molar-refractivity contribution >= 4 is 33.5 Å². The lowest BCUT2D eigenvalue weighted by molar-refractivity contribution is -0.142. The lowest BCUT2D eigenvalue weighted by atomic mass is 10.8. The second kappa shape index (κ2) is 4.28. The third kappa shape index (κ3) is 3.93. The highest BCUT2D eigenvalue weighted by molar-refractivity contribution is 7.97. The molecule has 0 bridgehead atoms. The summed E-state index contributed by atoms with van der Waals surface area (Å²) < 4.78 is 38.6. The highest BCUT2D eigenvalue weighted by atomic mass is 32.2. The van der Waals surface area contributed by atoms with Crippen LogP contribution in [0.3, 0.4) is 0 Å². The molecule has 0 fully saturated rings. The zero-order valence-electron chi connectivity index (χ0n) is 4.75. The Morgan fingerprint density at radius 3 is 1.91 bits per heavy atom. The van der Waals surface area contributed by atoms with Gasteiger partial charge in [-0.25, -0.2) is 9.00 Å². The van der Waals surface area contributed by atoms with Crippen LogP contribution in [0.2, 0.25) is 0 Å². The Bertz CT molecular complexity index is 231. The number of carbonyl (C=O) groups is 2. The number of rotatable bonds is 1. The third-order valence-electron chi connectivity index (χ3n) is 0.472. The summed E-state index contributed by atoms with van der Waals surface area (Å²) in [5, 5.41) is -1.78. The van der Waals surface area contributed by atoms with Crippen LogP contribution in [0.15, 0.2) is 0 Å². The fourth-order valence-electron chi connectivity index (χ4n) is 0.170. The highest BCUT2D eigenvalue weighted by Gasteiger charge is 2.23. The Morgan fingerprint density at radius 2 is 1.64 bits per heavy atom. The SMILES string of the molecule is O=C(OS(=O)O)C(=O)S(=O)O. The molecule has 0 amide bonds. The number of hydrogen-bond acceptors (Lipinski definition) is 5. The average molecular weight is 202 g/mol. The molecule has 0 spiro atoms. The fraction of sp³-hybridized carbons (Fsp3) is 0. The Labute approximate surface area is 65.5 Å². The predicted molar refractivity (Wildman–Crippen MR) is 32.6 cm³/mol. The summed E-state index contributed by atoms with van der Waals surface area (Å²) >= 11 is -5.96. The van der Waals surface area contributed by atoms with E-state index in [0.717, 1.165) is 0 Å². The van der Waals surface area contributed by atoms with Gasteiger partial charge in [0.2, 0.25) is 11.1 Å². The Morgan fingerprint density at radius 1 is 1.18 bits per heavy atom. The van der Waals surface area contributed by atoms with Gasteiger partial charge in [0.25, 0.3) is 0 Å². The van der Waals surface area contributed by atoms with Crippen molar-refractivity contribution in [1.82, 2.24) is 0 Å². The first-order valence-electron chi connectivity index (χ1n) is 1.93. The quantitative estimate of drug-likeness (QED) is 0.389. The third-order valence-corrected chi connectivity index (χ3v) is 1.25. The van der Waals surface area contributed by atoms with Crippen molar-refractivity contribution in [3.05, 3.63) is 0 Å². The van der Waals surface area contributed by atoms with E-state index in [9.17, 15) is 18.0 Å². The molecular weight excluding hydrogens is 200 g/mol. The minimum atomic E-state index is -3.02. The van der Waals surface area contributed by atoms with E-state index in [1.54, 1.807) is 0 Å². The second-order valence-electron chi connectivity index (χ2n) is 1.12. The second-order valence-corrected chi connectivity index (χ2v) is 2.59. The lowest BCUT2D eigenvalue weighted by Gasteiger charge is -1.92. The van der Waals surface area contributed by atoms with Crippen molar-refractivity contribution in [3.63, 3.8) is 0 Å². The Kier molecular flexibility index (Phi) is 4.03. The molecule has 11 heavy (non-hydrogen) atoms. The van der Waals surface area contributed by atoms with Crippen molar-refractivity contribution in [3.8, 4) is 0 Å². The van der Waals surface area contributed by atoms with Gasteiger partial charge in [0.15, 0.2) is 0 Å². The lowest BCUT2D eigenvalue weighted by Crippen LogP contribution is -2.21. The molecule has 0 aliphatic rings. The summed E-state index contributed by atoms with van der Waals surface area (Å²) in [5.74, 6) is -1.83. The average Bonchev–Trinajstić information content (AvgIpc) is 1.84. The van der Waals surface area contributed by atoms with Crippen molar-refractivity contribution in [2.75, 3.05) is 0 Å². The molecule has 0 aromatic carbocycles. The van der Waals surface area contributed by atoms with E-state index >= 15 is 0 Å². The summed E-state index contributed by atoms with van der Waals surface area (Å²) in [6, 6.07) is 0. The molecule has 2 atom stereocenters. The van der Waals surface area contributed by atoms with Crippen LogP contribution in [0.4, 0.5) is 0 Å². The molecule has 2 unspecified atom stereocenters. The fourth-order valence-corrected chi connectivity index (χ4v) is 0.612. The minimum Gasteiger partial charge on any atom is -0.336 e. The molecule has 0 aliphatic heterocycles. The van der Waals surface area contributed by atoms with Gasteiger partial charge in [-0.1, -0.05) is 0 Å². The maximum atomic E-state index is 10.1. The van der Waals surface area contributed by atoms with Gasteiger partial charge in [-0.05, 0) is 0 Å². The van der Waals surface area contributed by atoms with Gasteiger partial charge in [0, 0.05) is 0 Å².